The van der Waals surface area contributed by atoms with Gasteiger partial charge in [-0.25, -0.2) is 0 Å². The lowest BCUT2D eigenvalue weighted by Gasteiger charge is -2.17. The predicted molar refractivity (Wildman–Crippen MR) is 78.7 cm³/mol. The molecule has 0 N–H and O–H groups in total. The van der Waals surface area contributed by atoms with Crippen LogP contribution in [0.3, 0.4) is 0 Å². The zero-order valence-corrected chi connectivity index (χ0v) is 11.9. The molecule has 0 unspecified atom stereocenters. The van der Waals surface area contributed by atoms with Gasteiger partial charge in [0.25, 0.3) is 0 Å². The van der Waals surface area contributed by atoms with Gasteiger partial charge in [0.05, 0.1) is 7.11 Å². The molecule has 2 rings (SSSR count). The van der Waals surface area contributed by atoms with E-state index in [9.17, 15) is 0 Å². The van der Waals surface area contributed by atoms with Crippen LogP contribution in [-0.4, -0.2) is 12.1 Å². The quantitative estimate of drug-likeness (QED) is 0.799. The first-order valence-electron chi connectivity index (χ1n) is 6.87. The minimum Gasteiger partial charge on any atom is -0.497 e. The van der Waals surface area contributed by atoms with Crippen LogP contribution in [0, 0.1) is 0 Å². The number of methoxy groups -OCH3 is 1. The Morgan fingerprint density at radius 1 is 1.05 bits per heavy atom. The fraction of sp³-hybridized carbons (Fsp3) is 0.353. The van der Waals surface area contributed by atoms with Crippen LogP contribution in [0.4, 0.5) is 0 Å². The van der Waals surface area contributed by atoms with E-state index in [4.69, 9.17) is 4.74 Å². The third-order valence-corrected chi connectivity index (χ3v) is 3.53. The standard InChI is InChI=1S/C17H21NO/c1-4-15-12-14(10-11-18-15)17(5-2)13-6-8-16(19-3)9-7-13/h6-12,17H,4-5H2,1-3H3/t17-/m0/s1. The SMILES string of the molecule is CCc1cc([C@@H](CC)c2ccc(OC)cc2)ccn1. The van der Waals surface area contributed by atoms with E-state index in [-0.39, 0.29) is 0 Å². The largest absolute Gasteiger partial charge is 0.497 e. The fourth-order valence-corrected chi connectivity index (χ4v) is 2.41. The van der Waals surface area contributed by atoms with Gasteiger partial charge in [0.2, 0.25) is 0 Å². The summed E-state index contributed by atoms with van der Waals surface area (Å²) >= 11 is 0. The predicted octanol–water partition coefficient (Wildman–Crippen LogP) is 4.19. The molecule has 2 aromatic rings. The number of aryl methyl sites for hydroxylation is 1. The third kappa shape index (κ3) is 3.14. The molecule has 0 saturated carbocycles. The van der Waals surface area contributed by atoms with Gasteiger partial charge in [-0.1, -0.05) is 26.0 Å². The van der Waals surface area contributed by atoms with E-state index in [2.05, 4.69) is 43.1 Å². The second-order valence-corrected chi connectivity index (χ2v) is 4.67. The van der Waals surface area contributed by atoms with Crippen molar-refractivity contribution in [1.29, 1.82) is 0 Å². The molecular formula is C17H21NO. The van der Waals surface area contributed by atoms with Crippen LogP contribution in [0.15, 0.2) is 42.6 Å². The molecule has 2 nitrogen and oxygen atoms in total. The third-order valence-electron chi connectivity index (χ3n) is 3.53. The van der Waals surface area contributed by atoms with Crippen molar-refractivity contribution < 1.29 is 4.74 Å². The molecule has 0 radical (unpaired) electrons. The van der Waals surface area contributed by atoms with Crippen LogP contribution >= 0.6 is 0 Å². The molecule has 0 aliphatic heterocycles. The Morgan fingerprint density at radius 2 is 1.79 bits per heavy atom. The lowest BCUT2D eigenvalue weighted by atomic mass is 9.89. The van der Waals surface area contributed by atoms with Gasteiger partial charge in [-0.15, -0.1) is 0 Å². The molecular weight excluding hydrogens is 234 g/mol. The van der Waals surface area contributed by atoms with E-state index in [0.29, 0.717) is 5.92 Å². The summed E-state index contributed by atoms with van der Waals surface area (Å²) in [6.07, 6.45) is 3.98. The molecule has 1 aromatic heterocycles. The monoisotopic (exact) mass is 255 g/mol. The van der Waals surface area contributed by atoms with Crippen LogP contribution < -0.4 is 4.74 Å². The van der Waals surface area contributed by atoms with Crippen molar-refractivity contribution >= 4 is 0 Å². The second-order valence-electron chi connectivity index (χ2n) is 4.67. The summed E-state index contributed by atoms with van der Waals surface area (Å²) < 4.78 is 5.21. The summed E-state index contributed by atoms with van der Waals surface area (Å²) in [6.45, 7) is 4.36. The van der Waals surface area contributed by atoms with Crippen molar-refractivity contribution in [2.45, 2.75) is 32.6 Å². The van der Waals surface area contributed by atoms with E-state index >= 15 is 0 Å². The second kappa shape index (κ2) is 6.37. The van der Waals surface area contributed by atoms with Crippen molar-refractivity contribution in [2.24, 2.45) is 0 Å². The Labute approximate surface area is 115 Å². The summed E-state index contributed by atoms with van der Waals surface area (Å²) in [7, 11) is 1.70. The Balaban J connectivity index is 2.31. The number of aromatic nitrogens is 1. The zero-order valence-electron chi connectivity index (χ0n) is 11.9. The number of hydrogen-bond donors (Lipinski definition) is 0. The topological polar surface area (TPSA) is 22.1 Å². The number of ether oxygens (including phenoxy) is 1. The van der Waals surface area contributed by atoms with Crippen molar-refractivity contribution in [3.8, 4) is 5.75 Å². The average molecular weight is 255 g/mol. The first-order chi connectivity index (χ1) is 9.28. The maximum absolute atomic E-state index is 5.21. The van der Waals surface area contributed by atoms with Gasteiger partial charge in [-0.2, -0.15) is 0 Å². The Morgan fingerprint density at radius 3 is 2.37 bits per heavy atom. The number of pyridine rings is 1. The van der Waals surface area contributed by atoms with Crippen LogP contribution in [-0.2, 0) is 6.42 Å². The minimum atomic E-state index is 0.430. The molecule has 100 valence electrons. The maximum atomic E-state index is 5.21. The highest BCUT2D eigenvalue weighted by atomic mass is 16.5. The van der Waals surface area contributed by atoms with E-state index in [1.165, 1.54) is 11.1 Å². The molecule has 1 heterocycles. The van der Waals surface area contributed by atoms with Gasteiger partial charge < -0.3 is 4.74 Å². The summed E-state index contributed by atoms with van der Waals surface area (Å²) in [5, 5.41) is 0. The Kier molecular flexibility index (Phi) is 4.56. The summed E-state index contributed by atoms with van der Waals surface area (Å²) in [5.74, 6) is 1.33. The number of rotatable bonds is 5. The molecule has 19 heavy (non-hydrogen) atoms. The molecule has 0 amide bonds. The van der Waals surface area contributed by atoms with E-state index in [1.54, 1.807) is 7.11 Å². The Hall–Kier alpha value is -1.83. The molecule has 1 atom stereocenters. The molecule has 0 saturated heterocycles. The van der Waals surface area contributed by atoms with E-state index in [1.807, 2.05) is 18.3 Å². The average Bonchev–Trinajstić information content (AvgIpc) is 2.49. The van der Waals surface area contributed by atoms with Gasteiger partial charge in [0, 0.05) is 17.8 Å². The minimum absolute atomic E-state index is 0.430. The van der Waals surface area contributed by atoms with Crippen LogP contribution in [0.25, 0.3) is 0 Å². The van der Waals surface area contributed by atoms with E-state index in [0.717, 1.165) is 24.3 Å². The van der Waals surface area contributed by atoms with Crippen LogP contribution in [0.1, 0.15) is 43.0 Å². The molecule has 0 spiro atoms. The van der Waals surface area contributed by atoms with Crippen LogP contribution in [0.5, 0.6) is 5.75 Å². The number of benzene rings is 1. The first kappa shape index (κ1) is 13.6. The molecule has 2 heteroatoms. The highest BCUT2D eigenvalue weighted by Crippen LogP contribution is 2.29. The summed E-state index contributed by atoms with van der Waals surface area (Å²) in [5.41, 5.74) is 3.83. The summed E-state index contributed by atoms with van der Waals surface area (Å²) in [4.78, 5) is 4.38. The number of nitrogens with zero attached hydrogens (tertiary/aromatic N) is 1. The van der Waals surface area contributed by atoms with Gasteiger partial charge >= 0.3 is 0 Å². The van der Waals surface area contributed by atoms with Gasteiger partial charge in [-0.05, 0) is 48.2 Å². The maximum Gasteiger partial charge on any atom is 0.118 e. The smallest absolute Gasteiger partial charge is 0.118 e. The Bertz CT molecular complexity index is 519. The number of hydrogen-bond acceptors (Lipinski definition) is 2. The van der Waals surface area contributed by atoms with Gasteiger partial charge in [-0.3, -0.25) is 4.98 Å². The highest BCUT2D eigenvalue weighted by molar-refractivity contribution is 5.36. The first-order valence-corrected chi connectivity index (χ1v) is 6.87. The van der Waals surface area contributed by atoms with E-state index < -0.39 is 0 Å². The van der Waals surface area contributed by atoms with Gasteiger partial charge in [0.1, 0.15) is 5.75 Å². The van der Waals surface area contributed by atoms with Gasteiger partial charge in [0.15, 0.2) is 0 Å². The molecule has 0 bridgehead atoms. The molecule has 1 aromatic carbocycles. The van der Waals surface area contributed by atoms with Crippen LogP contribution in [0.2, 0.25) is 0 Å². The lowest BCUT2D eigenvalue weighted by Crippen LogP contribution is -2.01. The highest BCUT2D eigenvalue weighted by Gasteiger charge is 2.12. The zero-order chi connectivity index (χ0) is 13.7. The van der Waals surface area contributed by atoms with Crippen molar-refractivity contribution in [3.63, 3.8) is 0 Å². The molecule has 0 fully saturated rings. The summed E-state index contributed by atoms with van der Waals surface area (Å²) in [6, 6.07) is 12.7. The van der Waals surface area contributed by atoms with Crippen molar-refractivity contribution in [3.05, 3.63) is 59.4 Å². The molecule has 0 aliphatic rings. The lowest BCUT2D eigenvalue weighted by molar-refractivity contribution is 0.414. The van der Waals surface area contributed by atoms with Crippen molar-refractivity contribution in [1.82, 2.24) is 4.98 Å². The normalized spacial score (nSPS) is 12.2. The molecule has 0 aliphatic carbocycles. The fourth-order valence-electron chi connectivity index (χ4n) is 2.41. The van der Waals surface area contributed by atoms with Crippen molar-refractivity contribution in [2.75, 3.05) is 7.11 Å².